The lowest BCUT2D eigenvalue weighted by Gasteiger charge is -2.17. The Labute approximate surface area is 199 Å². The van der Waals surface area contributed by atoms with Crippen molar-refractivity contribution in [3.63, 3.8) is 0 Å². The molecule has 0 saturated carbocycles. The Morgan fingerprint density at radius 1 is 1.26 bits per heavy atom. The smallest absolute Gasteiger partial charge is 0.387 e. The van der Waals surface area contributed by atoms with Crippen LogP contribution < -0.4 is 5.32 Å². The molecule has 3 heterocycles. The fourth-order valence-corrected chi connectivity index (χ4v) is 4.54. The van der Waals surface area contributed by atoms with Crippen molar-refractivity contribution in [2.24, 2.45) is 0 Å². The van der Waals surface area contributed by atoms with Crippen LogP contribution in [0.3, 0.4) is 0 Å². The van der Waals surface area contributed by atoms with Gasteiger partial charge in [0.05, 0.1) is 19.4 Å². The molecule has 2 aromatic rings. The molecule has 12 nitrogen and oxygen atoms in total. The van der Waals surface area contributed by atoms with Crippen LogP contribution in [0.5, 0.6) is 0 Å². The number of hydrogen-bond donors (Lipinski definition) is 5. The van der Waals surface area contributed by atoms with Crippen molar-refractivity contribution >= 4 is 48.3 Å². The number of thioether (sulfide) groups is 2. The highest BCUT2D eigenvalue weighted by atomic mass is 32.2. The van der Waals surface area contributed by atoms with E-state index in [1.165, 1.54) is 10.9 Å². The maximum absolute atomic E-state index is 12.6. The SMILES string of the molecule is CSCCNc1nc(SCCC(F)(F)F)nc2c1ncn2C1OC(COP(=O)(O)O)C(O)C1O. The number of fused-ring (bicyclic) bond motifs is 1. The third kappa shape index (κ3) is 7.18. The summed E-state index contributed by atoms with van der Waals surface area (Å²) in [6.07, 6.45) is -7.81. The van der Waals surface area contributed by atoms with Gasteiger partial charge in [-0.3, -0.25) is 9.09 Å². The molecule has 4 atom stereocenters. The van der Waals surface area contributed by atoms with E-state index >= 15 is 0 Å². The van der Waals surface area contributed by atoms with Gasteiger partial charge in [-0.05, 0) is 6.26 Å². The summed E-state index contributed by atoms with van der Waals surface area (Å²) >= 11 is 2.36. The molecular formula is C16H23F3N5O7PS2. The first-order valence-electron chi connectivity index (χ1n) is 9.78. The van der Waals surface area contributed by atoms with Crippen molar-refractivity contribution in [1.29, 1.82) is 0 Å². The van der Waals surface area contributed by atoms with Crippen LogP contribution in [-0.2, 0) is 13.8 Å². The highest BCUT2D eigenvalue weighted by Crippen LogP contribution is 2.39. The number of anilines is 1. The molecule has 1 fully saturated rings. The minimum atomic E-state index is -4.84. The second kappa shape index (κ2) is 11.3. The third-order valence-electron chi connectivity index (χ3n) is 4.63. The summed E-state index contributed by atoms with van der Waals surface area (Å²) in [5.74, 6) is 0.693. The zero-order chi connectivity index (χ0) is 25.1. The second-order valence-electron chi connectivity index (χ2n) is 7.14. The van der Waals surface area contributed by atoms with E-state index < -0.39 is 51.6 Å². The first kappa shape index (κ1) is 27.4. The first-order chi connectivity index (χ1) is 15.9. The topological polar surface area (TPSA) is 172 Å². The number of nitrogens with zero attached hydrogens (tertiary/aromatic N) is 4. The van der Waals surface area contributed by atoms with Crippen LogP contribution >= 0.6 is 31.3 Å². The molecule has 0 amide bonds. The molecule has 34 heavy (non-hydrogen) atoms. The lowest BCUT2D eigenvalue weighted by atomic mass is 10.1. The molecule has 18 heteroatoms. The normalized spacial score (nSPS) is 23.6. The van der Waals surface area contributed by atoms with Gasteiger partial charge in [0.1, 0.15) is 18.3 Å². The zero-order valence-corrected chi connectivity index (χ0v) is 20.1. The summed E-state index contributed by atoms with van der Waals surface area (Å²) in [6, 6.07) is 0. The molecule has 0 radical (unpaired) electrons. The van der Waals surface area contributed by atoms with Gasteiger partial charge in [-0.2, -0.15) is 24.9 Å². The Bertz CT molecular complexity index is 1030. The zero-order valence-electron chi connectivity index (χ0n) is 17.6. The third-order valence-corrected chi connectivity index (χ3v) is 6.58. The van der Waals surface area contributed by atoms with Crippen molar-refractivity contribution in [3.05, 3.63) is 6.33 Å². The van der Waals surface area contributed by atoms with Crippen LogP contribution in [-0.4, -0.2) is 94.9 Å². The van der Waals surface area contributed by atoms with E-state index in [2.05, 4.69) is 24.8 Å². The van der Waals surface area contributed by atoms with E-state index in [1.54, 1.807) is 11.8 Å². The molecule has 0 spiro atoms. The molecule has 0 aliphatic carbocycles. The molecule has 1 aliphatic rings. The van der Waals surface area contributed by atoms with Crippen LogP contribution in [0.15, 0.2) is 11.5 Å². The summed E-state index contributed by atoms with van der Waals surface area (Å²) in [5.41, 5.74) is 0.394. The number of halogens is 3. The lowest BCUT2D eigenvalue weighted by molar-refractivity contribution is -0.129. The van der Waals surface area contributed by atoms with Gasteiger partial charge in [0.25, 0.3) is 0 Å². The Morgan fingerprint density at radius 2 is 2.00 bits per heavy atom. The number of aliphatic hydroxyl groups excluding tert-OH is 2. The monoisotopic (exact) mass is 549 g/mol. The molecule has 5 N–H and O–H groups in total. The van der Waals surface area contributed by atoms with E-state index in [0.29, 0.717) is 6.54 Å². The van der Waals surface area contributed by atoms with Crippen molar-refractivity contribution in [2.45, 2.75) is 42.3 Å². The van der Waals surface area contributed by atoms with Crippen LogP contribution in [0.1, 0.15) is 12.6 Å². The number of nitrogens with one attached hydrogen (secondary N) is 1. The molecule has 2 aromatic heterocycles. The van der Waals surface area contributed by atoms with E-state index in [1.807, 2.05) is 6.26 Å². The highest BCUT2D eigenvalue weighted by molar-refractivity contribution is 7.99. The van der Waals surface area contributed by atoms with Gasteiger partial charge in [0.15, 0.2) is 28.4 Å². The van der Waals surface area contributed by atoms with Gasteiger partial charge in [0, 0.05) is 18.1 Å². The number of rotatable bonds is 11. The van der Waals surface area contributed by atoms with Gasteiger partial charge >= 0.3 is 14.0 Å². The average molecular weight is 549 g/mol. The number of hydrogen-bond acceptors (Lipinski definition) is 11. The van der Waals surface area contributed by atoms with Crippen LogP contribution in [0, 0.1) is 0 Å². The largest absolute Gasteiger partial charge is 0.469 e. The molecule has 1 aliphatic heterocycles. The van der Waals surface area contributed by atoms with Gasteiger partial charge in [-0.1, -0.05) is 11.8 Å². The summed E-state index contributed by atoms with van der Waals surface area (Å²) in [6.45, 7) is -0.198. The minimum Gasteiger partial charge on any atom is -0.387 e. The molecule has 0 aromatic carbocycles. The minimum absolute atomic E-state index is 0.0413. The summed E-state index contributed by atoms with van der Waals surface area (Å²) < 4.78 is 59.8. The highest BCUT2D eigenvalue weighted by Gasteiger charge is 2.45. The average Bonchev–Trinajstić information content (AvgIpc) is 3.27. The van der Waals surface area contributed by atoms with Gasteiger partial charge < -0.3 is 30.1 Å². The van der Waals surface area contributed by atoms with E-state index in [-0.39, 0.29) is 27.9 Å². The predicted octanol–water partition coefficient (Wildman–Crippen LogP) is 1.37. The number of aliphatic hydroxyl groups is 2. The predicted molar refractivity (Wildman–Crippen MR) is 118 cm³/mol. The van der Waals surface area contributed by atoms with Crippen LogP contribution in [0.4, 0.5) is 19.0 Å². The number of alkyl halides is 3. The Morgan fingerprint density at radius 3 is 2.65 bits per heavy atom. The molecule has 1 saturated heterocycles. The Balaban J connectivity index is 1.89. The number of phosphoric ester groups is 1. The van der Waals surface area contributed by atoms with Crippen molar-refractivity contribution in [1.82, 2.24) is 19.5 Å². The van der Waals surface area contributed by atoms with Crippen LogP contribution in [0.2, 0.25) is 0 Å². The molecular weight excluding hydrogens is 526 g/mol. The van der Waals surface area contributed by atoms with E-state index in [0.717, 1.165) is 17.5 Å². The number of imidazole rings is 1. The van der Waals surface area contributed by atoms with Crippen LogP contribution in [0.25, 0.3) is 11.2 Å². The van der Waals surface area contributed by atoms with Gasteiger partial charge in [0.2, 0.25) is 0 Å². The van der Waals surface area contributed by atoms with Gasteiger partial charge in [-0.15, -0.1) is 0 Å². The van der Waals surface area contributed by atoms with Crippen molar-refractivity contribution in [2.75, 3.05) is 36.2 Å². The lowest BCUT2D eigenvalue weighted by Crippen LogP contribution is -2.33. The number of ether oxygens (including phenoxy) is 1. The maximum atomic E-state index is 12.6. The summed E-state index contributed by atoms with van der Waals surface area (Å²) in [7, 11) is -4.84. The quantitative estimate of drug-likeness (QED) is 0.118. The summed E-state index contributed by atoms with van der Waals surface area (Å²) in [4.78, 5) is 30.5. The molecule has 0 bridgehead atoms. The van der Waals surface area contributed by atoms with E-state index in [9.17, 15) is 27.9 Å². The first-order valence-corrected chi connectivity index (χ1v) is 13.7. The van der Waals surface area contributed by atoms with Crippen molar-refractivity contribution in [3.8, 4) is 0 Å². The molecule has 192 valence electrons. The number of aromatic nitrogens is 4. The maximum Gasteiger partial charge on any atom is 0.469 e. The molecule has 4 unspecified atom stereocenters. The second-order valence-corrected chi connectivity index (χ2v) is 10.4. The Hall–Kier alpha value is -1.17. The fourth-order valence-electron chi connectivity index (χ4n) is 3.07. The summed E-state index contributed by atoms with van der Waals surface area (Å²) in [5, 5.41) is 23.8. The van der Waals surface area contributed by atoms with Gasteiger partial charge in [-0.25, -0.2) is 19.5 Å². The van der Waals surface area contributed by atoms with E-state index in [4.69, 9.17) is 14.5 Å². The van der Waals surface area contributed by atoms with Crippen molar-refractivity contribution < 1.29 is 47.0 Å². The standard InChI is InChI=1S/C16H23F3N5O7PS2/c1-33-5-3-20-12-9-13(23-15(22-12)34-4-2-16(17,18)19)24(7-21-9)14-11(26)10(25)8(31-14)6-30-32(27,28)29/h7-8,10-11,14,25-26H,2-6H2,1H3,(H,20,22,23)(H2,27,28,29). The fraction of sp³-hybridized carbons (Fsp3) is 0.688. The Kier molecular flexibility index (Phi) is 9.08. The number of phosphoric acid groups is 1. The molecule has 3 rings (SSSR count).